The van der Waals surface area contributed by atoms with E-state index in [4.69, 9.17) is 5.11 Å². The number of aliphatic hydroxyl groups is 1. The first-order valence-electron chi connectivity index (χ1n) is 6.68. The second-order valence-electron chi connectivity index (χ2n) is 5.07. The molecule has 16 heavy (non-hydrogen) atoms. The predicted octanol–water partition coefficient (Wildman–Crippen LogP) is 3.03. The number of hydrogen-bond donors (Lipinski definition) is 1. The van der Waals surface area contributed by atoms with Gasteiger partial charge in [-0.05, 0) is 51.1 Å². The van der Waals surface area contributed by atoms with Crippen molar-refractivity contribution in [3.63, 3.8) is 0 Å². The van der Waals surface area contributed by atoms with Crippen LogP contribution in [-0.2, 0) is 0 Å². The number of nitrogens with zero attached hydrogens (tertiary/aromatic N) is 1. The van der Waals surface area contributed by atoms with Crippen LogP contribution in [0.2, 0.25) is 0 Å². The van der Waals surface area contributed by atoms with Crippen molar-refractivity contribution in [3.8, 4) is 0 Å². The van der Waals surface area contributed by atoms with E-state index in [1.54, 1.807) is 0 Å². The van der Waals surface area contributed by atoms with Gasteiger partial charge < -0.3 is 10.0 Å². The van der Waals surface area contributed by atoms with E-state index in [-0.39, 0.29) is 0 Å². The molecule has 2 atom stereocenters. The summed E-state index contributed by atoms with van der Waals surface area (Å²) in [6.45, 7) is 5.15. The van der Waals surface area contributed by atoms with Gasteiger partial charge in [-0.15, -0.1) is 0 Å². The van der Waals surface area contributed by atoms with E-state index in [0.29, 0.717) is 12.6 Å². The molecule has 1 heterocycles. The fourth-order valence-corrected chi connectivity index (χ4v) is 3.33. The van der Waals surface area contributed by atoms with Gasteiger partial charge in [0, 0.05) is 18.0 Å². The SMILES string of the molecule is CC(CCBr)CCN1CCCCC1CCO. The molecule has 0 aromatic rings. The van der Waals surface area contributed by atoms with Gasteiger partial charge in [-0.3, -0.25) is 0 Å². The fourth-order valence-electron chi connectivity index (χ4n) is 2.55. The molecule has 0 radical (unpaired) electrons. The molecule has 0 aromatic carbocycles. The van der Waals surface area contributed by atoms with E-state index in [2.05, 4.69) is 27.8 Å². The summed E-state index contributed by atoms with van der Waals surface area (Å²) < 4.78 is 0. The second kappa shape index (κ2) is 8.48. The average molecular weight is 292 g/mol. The summed E-state index contributed by atoms with van der Waals surface area (Å²) in [6.07, 6.45) is 7.51. The Balaban J connectivity index is 2.26. The Kier molecular flexibility index (Phi) is 7.67. The minimum absolute atomic E-state index is 0.345. The number of piperidine rings is 1. The smallest absolute Gasteiger partial charge is 0.0445 e. The van der Waals surface area contributed by atoms with Gasteiger partial charge in [0.15, 0.2) is 0 Å². The molecule has 2 nitrogen and oxygen atoms in total. The van der Waals surface area contributed by atoms with Gasteiger partial charge in [0.1, 0.15) is 0 Å². The quantitative estimate of drug-likeness (QED) is 0.729. The van der Waals surface area contributed by atoms with E-state index < -0.39 is 0 Å². The first kappa shape index (κ1) is 14.5. The molecule has 0 aromatic heterocycles. The number of alkyl halides is 1. The molecular formula is C13H26BrNO. The summed E-state index contributed by atoms with van der Waals surface area (Å²) >= 11 is 3.51. The maximum Gasteiger partial charge on any atom is 0.0445 e. The Morgan fingerprint density at radius 2 is 2.19 bits per heavy atom. The van der Waals surface area contributed by atoms with Crippen molar-refractivity contribution in [2.45, 2.75) is 51.5 Å². The van der Waals surface area contributed by atoms with Crippen molar-refractivity contribution in [2.24, 2.45) is 5.92 Å². The van der Waals surface area contributed by atoms with Crippen molar-refractivity contribution in [1.82, 2.24) is 4.90 Å². The molecule has 1 fully saturated rings. The highest BCUT2D eigenvalue weighted by molar-refractivity contribution is 9.09. The zero-order valence-electron chi connectivity index (χ0n) is 10.5. The highest BCUT2D eigenvalue weighted by Gasteiger charge is 2.21. The Bertz CT molecular complexity index is 175. The summed E-state index contributed by atoms with van der Waals surface area (Å²) in [6, 6.07) is 0.648. The maximum atomic E-state index is 9.07. The molecule has 0 aliphatic carbocycles. The third-order valence-electron chi connectivity index (χ3n) is 3.72. The normalized spacial score (nSPS) is 24.6. The number of aliphatic hydroxyl groups excluding tert-OH is 1. The van der Waals surface area contributed by atoms with E-state index in [1.165, 1.54) is 45.2 Å². The Labute approximate surface area is 109 Å². The van der Waals surface area contributed by atoms with E-state index in [9.17, 15) is 0 Å². The van der Waals surface area contributed by atoms with Gasteiger partial charge in [0.05, 0.1) is 0 Å². The van der Waals surface area contributed by atoms with Crippen molar-refractivity contribution >= 4 is 15.9 Å². The summed E-state index contributed by atoms with van der Waals surface area (Å²) in [5, 5.41) is 10.2. The molecule has 0 saturated carbocycles. The molecule has 1 aliphatic rings. The van der Waals surface area contributed by atoms with Gasteiger partial charge in [0.25, 0.3) is 0 Å². The van der Waals surface area contributed by atoms with Crippen LogP contribution in [0.25, 0.3) is 0 Å². The van der Waals surface area contributed by atoms with Crippen molar-refractivity contribution in [3.05, 3.63) is 0 Å². The molecule has 1 aliphatic heterocycles. The summed E-state index contributed by atoms with van der Waals surface area (Å²) in [5.41, 5.74) is 0. The number of rotatable bonds is 7. The van der Waals surface area contributed by atoms with Crippen LogP contribution in [0, 0.1) is 5.92 Å². The van der Waals surface area contributed by atoms with Crippen LogP contribution in [-0.4, -0.2) is 41.1 Å². The third kappa shape index (κ3) is 5.15. The molecule has 1 N–H and O–H groups in total. The largest absolute Gasteiger partial charge is 0.396 e. The molecule has 3 heteroatoms. The van der Waals surface area contributed by atoms with Gasteiger partial charge in [0.2, 0.25) is 0 Å². The molecule has 96 valence electrons. The number of halogens is 1. The Morgan fingerprint density at radius 1 is 1.38 bits per heavy atom. The molecule has 1 saturated heterocycles. The van der Waals surface area contributed by atoms with Crippen molar-refractivity contribution < 1.29 is 5.11 Å². The first-order chi connectivity index (χ1) is 7.77. The van der Waals surface area contributed by atoms with Gasteiger partial charge >= 0.3 is 0 Å². The number of likely N-dealkylation sites (tertiary alicyclic amines) is 1. The molecule has 0 spiro atoms. The second-order valence-corrected chi connectivity index (χ2v) is 5.86. The van der Waals surface area contributed by atoms with Gasteiger partial charge in [-0.1, -0.05) is 29.3 Å². The lowest BCUT2D eigenvalue weighted by molar-refractivity contribution is 0.113. The van der Waals surface area contributed by atoms with E-state index in [1.807, 2.05) is 0 Å². The van der Waals surface area contributed by atoms with Crippen LogP contribution in [0.1, 0.15) is 45.4 Å². The first-order valence-corrected chi connectivity index (χ1v) is 7.81. The Morgan fingerprint density at radius 3 is 2.88 bits per heavy atom. The van der Waals surface area contributed by atoms with Crippen LogP contribution >= 0.6 is 15.9 Å². The van der Waals surface area contributed by atoms with Crippen molar-refractivity contribution in [2.75, 3.05) is 25.0 Å². The average Bonchev–Trinajstić information content (AvgIpc) is 2.29. The molecular weight excluding hydrogens is 266 g/mol. The van der Waals surface area contributed by atoms with Gasteiger partial charge in [-0.25, -0.2) is 0 Å². The monoisotopic (exact) mass is 291 g/mol. The van der Waals surface area contributed by atoms with Crippen LogP contribution in [0.15, 0.2) is 0 Å². The summed E-state index contributed by atoms with van der Waals surface area (Å²) in [4.78, 5) is 2.60. The molecule has 0 bridgehead atoms. The summed E-state index contributed by atoms with van der Waals surface area (Å²) in [7, 11) is 0. The van der Waals surface area contributed by atoms with Gasteiger partial charge in [-0.2, -0.15) is 0 Å². The maximum absolute atomic E-state index is 9.07. The highest BCUT2D eigenvalue weighted by Crippen LogP contribution is 2.21. The minimum Gasteiger partial charge on any atom is -0.396 e. The predicted molar refractivity (Wildman–Crippen MR) is 73.1 cm³/mol. The molecule has 2 unspecified atom stereocenters. The summed E-state index contributed by atoms with van der Waals surface area (Å²) in [5.74, 6) is 0.816. The van der Waals surface area contributed by atoms with Crippen LogP contribution in [0.3, 0.4) is 0 Å². The topological polar surface area (TPSA) is 23.5 Å². The molecule has 1 rings (SSSR count). The lowest BCUT2D eigenvalue weighted by Crippen LogP contribution is -2.41. The van der Waals surface area contributed by atoms with E-state index in [0.717, 1.165) is 17.7 Å². The standard InChI is InChI=1S/C13H26BrNO/c1-12(5-8-14)6-10-15-9-3-2-4-13(15)7-11-16/h12-13,16H,2-11H2,1H3. The van der Waals surface area contributed by atoms with Crippen LogP contribution < -0.4 is 0 Å². The van der Waals surface area contributed by atoms with Crippen molar-refractivity contribution in [1.29, 1.82) is 0 Å². The lowest BCUT2D eigenvalue weighted by atomic mass is 9.97. The molecule has 0 amide bonds. The third-order valence-corrected chi connectivity index (χ3v) is 4.18. The Hall–Kier alpha value is 0.400. The lowest BCUT2D eigenvalue weighted by Gasteiger charge is -2.36. The highest BCUT2D eigenvalue weighted by atomic mass is 79.9. The fraction of sp³-hybridized carbons (Fsp3) is 1.00. The minimum atomic E-state index is 0.345. The van der Waals surface area contributed by atoms with E-state index >= 15 is 0 Å². The zero-order valence-corrected chi connectivity index (χ0v) is 12.1. The van der Waals surface area contributed by atoms with Crippen LogP contribution in [0.4, 0.5) is 0 Å². The number of hydrogen-bond acceptors (Lipinski definition) is 2. The van der Waals surface area contributed by atoms with Crippen LogP contribution in [0.5, 0.6) is 0 Å². The zero-order chi connectivity index (χ0) is 11.8.